The molecule has 2 rings (SSSR count). The Morgan fingerprint density at radius 3 is 2.84 bits per heavy atom. The maximum absolute atomic E-state index is 6.22. The first-order valence-corrected chi connectivity index (χ1v) is 7.56. The molecule has 1 heterocycles. The number of aromatic nitrogens is 2. The van der Waals surface area contributed by atoms with Crippen LogP contribution in [-0.4, -0.2) is 30.1 Å². The Morgan fingerprint density at radius 2 is 2.16 bits per heavy atom. The summed E-state index contributed by atoms with van der Waals surface area (Å²) in [6.07, 6.45) is 8.12. The van der Waals surface area contributed by atoms with E-state index in [9.17, 15) is 0 Å². The zero-order valence-electron chi connectivity index (χ0n) is 11.8. The van der Waals surface area contributed by atoms with Gasteiger partial charge in [-0.25, -0.2) is 4.98 Å². The van der Waals surface area contributed by atoms with Gasteiger partial charge in [0.15, 0.2) is 5.82 Å². The Balaban J connectivity index is 2.03. The van der Waals surface area contributed by atoms with Crippen LogP contribution in [0.5, 0.6) is 0 Å². The van der Waals surface area contributed by atoms with Crippen LogP contribution in [0.4, 0.5) is 11.8 Å². The minimum Gasteiger partial charge on any atom is -0.358 e. The van der Waals surface area contributed by atoms with E-state index >= 15 is 0 Å². The van der Waals surface area contributed by atoms with Crippen LogP contribution in [0.15, 0.2) is 6.20 Å². The quantitative estimate of drug-likeness (QED) is 0.866. The van der Waals surface area contributed by atoms with Crippen LogP contribution >= 0.6 is 11.6 Å². The highest BCUT2D eigenvalue weighted by molar-refractivity contribution is 6.32. The maximum Gasteiger partial charge on any atom is 0.224 e. The zero-order chi connectivity index (χ0) is 13.7. The van der Waals surface area contributed by atoms with Gasteiger partial charge in [0.1, 0.15) is 5.02 Å². The van der Waals surface area contributed by atoms with Gasteiger partial charge in [0.25, 0.3) is 0 Å². The maximum atomic E-state index is 6.22. The van der Waals surface area contributed by atoms with Crippen LogP contribution in [0.25, 0.3) is 0 Å². The predicted molar refractivity (Wildman–Crippen MR) is 81.1 cm³/mol. The molecule has 0 bridgehead atoms. The van der Waals surface area contributed by atoms with Crippen molar-refractivity contribution in [2.75, 3.05) is 30.4 Å². The number of nitrogens with zero attached hydrogens (tertiary/aromatic N) is 3. The lowest BCUT2D eigenvalue weighted by Crippen LogP contribution is -2.25. The summed E-state index contributed by atoms with van der Waals surface area (Å²) >= 11 is 6.22. The number of anilines is 2. The van der Waals surface area contributed by atoms with Crippen LogP contribution in [0.3, 0.4) is 0 Å². The number of rotatable bonds is 6. The molecule has 1 aromatic heterocycles. The van der Waals surface area contributed by atoms with Gasteiger partial charge in [-0.3, -0.25) is 0 Å². The van der Waals surface area contributed by atoms with E-state index in [0.717, 1.165) is 31.2 Å². The lowest BCUT2D eigenvalue weighted by Gasteiger charge is -2.23. The highest BCUT2D eigenvalue weighted by Crippen LogP contribution is 2.29. The van der Waals surface area contributed by atoms with Crippen LogP contribution < -0.4 is 10.2 Å². The van der Waals surface area contributed by atoms with Crippen LogP contribution in [0.1, 0.15) is 39.0 Å². The van der Waals surface area contributed by atoms with Crippen molar-refractivity contribution in [1.82, 2.24) is 9.97 Å². The molecule has 1 aliphatic rings. The highest BCUT2D eigenvalue weighted by atomic mass is 35.5. The largest absolute Gasteiger partial charge is 0.358 e. The highest BCUT2D eigenvalue weighted by Gasteiger charge is 2.19. The Kier molecular flexibility index (Phi) is 5.25. The van der Waals surface area contributed by atoms with Crippen molar-refractivity contribution >= 4 is 23.4 Å². The van der Waals surface area contributed by atoms with Crippen molar-refractivity contribution in [2.45, 2.75) is 39.0 Å². The van der Waals surface area contributed by atoms with Crippen LogP contribution in [0.2, 0.25) is 5.02 Å². The zero-order valence-corrected chi connectivity index (χ0v) is 12.6. The second-order valence-corrected chi connectivity index (χ2v) is 5.73. The first-order valence-electron chi connectivity index (χ1n) is 7.18. The van der Waals surface area contributed by atoms with E-state index in [4.69, 9.17) is 11.6 Å². The molecule has 0 spiro atoms. The average Bonchev–Trinajstić information content (AvgIpc) is 2.90. The predicted octanol–water partition coefficient (Wildman–Crippen LogP) is 3.58. The van der Waals surface area contributed by atoms with Crippen LogP contribution in [0, 0.1) is 5.92 Å². The first kappa shape index (κ1) is 14.4. The first-order chi connectivity index (χ1) is 9.20. The van der Waals surface area contributed by atoms with Gasteiger partial charge in [0, 0.05) is 20.1 Å². The van der Waals surface area contributed by atoms with Gasteiger partial charge in [-0.05, 0) is 25.2 Å². The third-order valence-corrected chi connectivity index (χ3v) is 3.89. The molecule has 0 atom stereocenters. The third kappa shape index (κ3) is 3.96. The Morgan fingerprint density at radius 1 is 1.42 bits per heavy atom. The van der Waals surface area contributed by atoms with E-state index in [1.54, 1.807) is 6.20 Å². The molecular weight excluding hydrogens is 260 g/mol. The summed E-state index contributed by atoms with van der Waals surface area (Å²) in [5.41, 5.74) is 0. The molecule has 0 amide bonds. The van der Waals surface area contributed by atoms with E-state index in [1.165, 1.54) is 25.7 Å². The summed E-state index contributed by atoms with van der Waals surface area (Å²) in [6.45, 7) is 4.04. The molecule has 5 heteroatoms. The van der Waals surface area contributed by atoms with Gasteiger partial charge in [-0.1, -0.05) is 31.4 Å². The molecule has 1 aliphatic carbocycles. The molecule has 0 aliphatic heterocycles. The van der Waals surface area contributed by atoms with Gasteiger partial charge in [-0.15, -0.1) is 0 Å². The van der Waals surface area contributed by atoms with Crippen molar-refractivity contribution in [3.05, 3.63) is 11.2 Å². The monoisotopic (exact) mass is 282 g/mol. The van der Waals surface area contributed by atoms with E-state index < -0.39 is 0 Å². The molecule has 19 heavy (non-hydrogen) atoms. The molecule has 1 fully saturated rings. The number of nitrogens with one attached hydrogen (secondary N) is 1. The van der Waals surface area contributed by atoms with E-state index in [2.05, 4.69) is 34.2 Å². The average molecular weight is 283 g/mol. The Hall–Kier alpha value is -1.03. The summed E-state index contributed by atoms with van der Waals surface area (Å²) in [5.74, 6) is 2.28. The normalized spacial score (nSPS) is 15.7. The molecule has 0 aromatic carbocycles. The van der Waals surface area contributed by atoms with E-state index in [0.29, 0.717) is 11.0 Å². The molecule has 0 radical (unpaired) electrons. The third-order valence-electron chi connectivity index (χ3n) is 3.63. The van der Waals surface area contributed by atoms with Crippen molar-refractivity contribution < 1.29 is 0 Å². The van der Waals surface area contributed by atoms with E-state index in [1.807, 2.05) is 0 Å². The van der Waals surface area contributed by atoms with Crippen molar-refractivity contribution in [2.24, 2.45) is 5.92 Å². The van der Waals surface area contributed by atoms with Crippen molar-refractivity contribution in [3.8, 4) is 0 Å². The molecule has 1 N–H and O–H groups in total. The molecule has 1 saturated carbocycles. The molecule has 4 nitrogen and oxygen atoms in total. The fraction of sp³-hybridized carbons (Fsp3) is 0.714. The standard InChI is InChI=1S/C14H23ClN4/c1-3-8-16-14-17-9-12(15)13(18-14)19(2)10-11-6-4-5-7-11/h9,11H,3-8,10H2,1-2H3,(H,16,17,18). The minimum absolute atomic E-state index is 0.627. The lowest BCUT2D eigenvalue weighted by molar-refractivity contribution is 0.545. The van der Waals surface area contributed by atoms with Crippen molar-refractivity contribution in [3.63, 3.8) is 0 Å². The lowest BCUT2D eigenvalue weighted by atomic mass is 10.1. The van der Waals surface area contributed by atoms with E-state index in [-0.39, 0.29) is 0 Å². The SMILES string of the molecule is CCCNc1ncc(Cl)c(N(C)CC2CCCC2)n1. The fourth-order valence-corrected chi connectivity index (χ4v) is 2.85. The molecule has 0 saturated heterocycles. The van der Waals surface area contributed by atoms with Gasteiger partial charge in [-0.2, -0.15) is 4.98 Å². The van der Waals surface area contributed by atoms with Crippen molar-refractivity contribution in [1.29, 1.82) is 0 Å². The fourth-order valence-electron chi connectivity index (χ4n) is 2.61. The summed E-state index contributed by atoms with van der Waals surface area (Å²) in [5, 5.41) is 3.83. The summed E-state index contributed by atoms with van der Waals surface area (Å²) in [7, 11) is 2.07. The van der Waals surface area contributed by atoms with Gasteiger partial charge >= 0.3 is 0 Å². The second kappa shape index (κ2) is 6.94. The number of hydrogen-bond acceptors (Lipinski definition) is 4. The number of hydrogen-bond donors (Lipinski definition) is 1. The Labute approximate surface area is 120 Å². The smallest absolute Gasteiger partial charge is 0.224 e. The summed E-state index contributed by atoms with van der Waals surface area (Å²) in [4.78, 5) is 10.9. The minimum atomic E-state index is 0.627. The van der Waals surface area contributed by atoms with Gasteiger partial charge in [0.2, 0.25) is 5.95 Å². The summed E-state index contributed by atoms with van der Waals surface area (Å²) < 4.78 is 0. The second-order valence-electron chi connectivity index (χ2n) is 5.32. The summed E-state index contributed by atoms with van der Waals surface area (Å²) in [6, 6.07) is 0. The van der Waals surface area contributed by atoms with Gasteiger partial charge in [0.05, 0.1) is 6.20 Å². The van der Waals surface area contributed by atoms with Gasteiger partial charge < -0.3 is 10.2 Å². The molecule has 106 valence electrons. The number of halogens is 1. The molecule has 0 unspecified atom stereocenters. The van der Waals surface area contributed by atoms with Crippen LogP contribution in [-0.2, 0) is 0 Å². The molecular formula is C14H23ClN4. The molecule has 1 aromatic rings. The topological polar surface area (TPSA) is 41.1 Å². The Bertz CT molecular complexity index is 404.